The van der Waals surface area contributed by atoms with Crippen molar-refractivity contribution in [2.24, 2.45) is 0 Å². The average Bonchev–Trinajstić information content (AvgIpc) is 2.92. The van der Waals surface area contributed by atoms with Gasteiger partial charge in [-0.3, -0.25) is 4.90 Å². The third-order valence-corrected chi connectivity index (χ3v) is 5.45. The quantitative estimate of drug-likeness (QED) is 0.356. The zero-order chi connectivity index (χ0) is 29.1. The Kier molecular flexibility index (Phi) is 10.4. The highest BCUT2D eigenvalue weighted by Gasteiger charge is 2.22. The van der Waals surface area contributed by atoms with Crippen LogP contribution in [0, 0.1) is 0 Å². The van der Waals surface area contributed by atoms with Gasteiger partial charge in [-0.25, -0.2) is 24.4 Å². The van der Waals surface area contributed by atoms with Crippen molar-refractivity contribution in [1.82, 2.24) is 15.3 Å². The molecule has 2 N–H and O–H groups in total. The van der Waals surface area contributed by atoms with Crippen molar-refractivity contribution in [3.63, 3.8) is 0 Å². The summed E-state index contributed by atoms with van der Waals surface area (Å²) >= 11 is 0. The number of carboxylic acids is 1. The van der Waals surface area contributed by atoms with Gasteiger partial charge in [0.25, 0.3) is 0 Å². The standard InChI is InChI=1S/C29H34N4O7/c1-29(2,3)40-28(37)33(4)24-12-8-11-22(31-24)15-16-38-25-14-13-21(18-30-25)17-23(26(34)35)32-27(36)39-19-20-9-6-5-7-10-20/h5-14,18,23H,15-17,19H2,1-4H3,(H,32,36)(H,34,35)/t23-/m0/s1. The Morgan fingerprint density at radius 1 is 1.00 bits per heavy atom. The van der Waals surface area contributed by atoms with Crippen LogP contribution in [0.1, 0.15) is 37.6 Å². The number of hydrogen-bond donors (Lipinski definition) is 2. The molecule has 1 aromatic carbocycles. The number of nitrogens with zero attached hydrogens (tertiary/aromatic N) is 3. The summed E-state index contributed by atoms with van der Waals surface area (Å²) in [6, 6.07) is 16.6. The Morgan fingerprint density at radius 3 is 2.40 bits per heavy atom. The second-order valence-corrected chi connectivity index (χ2v) is 9.93. The van der Waals surface area contributed by atoms with Crippen molar-refractivity contribution in [1.29, 1.82) is 0 Å². The molecule has 0 aliphatic carbocycles. The molecule has 1 atom stereocenters. The SMILES string of the molecule is CN(C(=O)OC(C)(C)C)c1cccc(CCOc2ccc(C[C@H](NC(=O)OCc3ccccc3)C(=O)O)cn2)n1. The average molecular weight is 551 g/mol. The molecule has 3 rings (SSSR count). The highest BCUT2D eigenvalue weighted by Crippen LogP contribution is 2.16. The van der Waals surface area contributed by atoms with Gasteiger partial charge in [0.05, 0.1) is 6.61 Å². The molecule has 0 fully saturated rings. The number of alkyl carbamates (subject to hydrolysis) is 1. The first kappa shape index (κ1) is 29.9. The van der Waals surface area contributed by atoms with E-state index in [1.54, 1.807) is 64.2 Å². The second kappa shape index (κ2) is 13.9. The highest BCUT2D eigenvalue weighted by atomic mass is 16.6. The predicted molar refractivity (Wildman–Crippen MR) is 147 cm³/mol. The second-order valence-electron chi connectivity index (χ2n) is 9.93. The molecule has 11 heteroatoms. The minimum absolute atomic E-state index is 0.0188. The van der Waals surface area contributed by atoms with Crippen molar-refractivity contribution < 1.29 is 33.7 Å². The van der Waals surface area contributed by atoms with E-state index >= 15 is 0 Å². The lowest BCUT2D eigenvalue weighted by Gasteiger charge is -2.24. The van der Waals surface area contributed by atoms with Crippen LogP contribution >= 0.6 is 0 Å². The van der Waals surface area contributed by atoms with Crippen LogP contribution in [0.5, 0.6) is 5.88 Å². The van der Waals surface area contributed by atoms with Gasteiger partial charge in [0.15, 0.2) is 0 Å². The van der Waals surface area contributed by atoms with E-state index in [0.29, 0.717) is 23.7 Å². The van der Waals surface area contributed by atoms with Crippen LogP contribution in [0.15, 0.2) is 66.9 Å². The number of ether oxygens (including phenoxy) is 3. The van der Waals surface area contributed by atoms with Gasteiger partial charge >= 0.3 is 18.2 Å². The first-order chi connectivity index (χ1) is 19.0. The van der Waals surface area contributed by atoms with Crippen LogP contribution < -0.4 is 15.0 Å². The fraction of sp³-hybridized carbons (Fsp3) is 0.345. The molecule has 2 aromatic heterocycles. The number of aromatic nitrogens is 2. The monoisotopic (exact) mass is 550 g/mol. The van der Waals surface area contributed by atoms with Crippen LogP contribution in [0.3, 0.4) is 0 Å². The maximum atomic E-state index is 12.3. The third kappa shape index (κ3) is 9.90. The first-order valence-electron chi connectivity index (χ1n) is 12.7. The van der Waals surface area contributed by atoms with E-state index in [4.69, 9.17) is 14.2 Å². The summed E-state index contributed by atoms with van der Waals surface area (Å²) in [6.45, 7) is 5.71. The van der Waals surface area contributed by atoms with Gasteiger partial charge in [-0.15, -0.1) is 0 Å². The fourth-order valence-corrected chi connectivity index (χ4v) is 3.44. The minimum atomic E-state index is -1.19. The topological polar surface area (TPSA) is 140 Å². The summed E-state index contributed by atoms with van der Waals surface area (Å²) in [5, 5.41) is 11.9. The van der Waals surface area contributed by atoms with E-state index < -0.39 is 29.8 Å². The molecule has 2 heterocycles. The molecule has 0 aliphatic heterocycles. The predicted octanol–water partition coefficient (Wildman–Crippen LogP) is 4.39. The Bertz CT molecular complexity index is 1280. The number of pyridine rings is 2. The number of carboxylic acid groups (broad SMARTS) is 1. The van der Waals surface area contributed by atoms with Crippen molar-refractivity contribution in [3.8, 4) is 5.88 Å². The molecule has 212 valence electrons. The van der Waals surface area contributed by atoms with E-state index in [1.165, 1.54) is 11.1 Å². The number of carbonyl (C=O) groups is 3. The highest BCUT2D eigenvalue weighted by molar-refractivity contribution is 5.86. The largest absolute Gasteiger partial charge is 0.480 e. The summed E-state index contributed by atoms with van der Waals surface area (Å²) in [5.41, 5.74) is 1.50. The smallest absolute Gasteiger partial charge is 0.415 e. The molecule has 40 heavy (non-hydrogen) atoms. The third-order valence-electron chi connectivity index (χ3n) is 5.45. The lowest BCUT2D eigenvalue weighted by molar-refractivity contribution is -0.139. The summed E-state index contributed by atoms with van der Waals surface area (Å²) in [5.74, 6) is -0.378. The van der Waals surface area contributed by atoms with Crippen molar-refractivity contribution in [2.45, 2.75) is 51.9 Å². The number of hydrogen-bond acceptors (Lipinski definition) is 8. The molecule has 3 aromatic rings. The number of rotatable bonds is 11. The summed E-state index contributed by atoms with van der Waals surface area (Å²) in [6.07, 6.45) is 0.665. The normalized spacial score (nSPS) is 11.7. The van der Waals surface area contributed by atoms with E-state index in [2.05, 4.69) is 15.3 Å². The molecular weight excluding hydrogens is 516 g/mol. The van der Waals surface area contributed by atoms with Crippen molar-refractivity contribution in [3.05, 3.63) is 83.7 Å². The van der Waals surface area contributed by atoms with Gasteiger partial charge in [-0.2, -0.15) is 0 Å². The summed E-state index contributed by atoms with van der Waals surface area (Å²) in [7, 11) is 1.60. The number of nitrogens with one attached hydrogen (secondary N) is 1. The van der Waals surface area contributed by atoms with Crippen LogP contribution in [0.4, 0.5) is 15.4 Å². The molecule has 11 nitrogen and oxygen atoms in total. The molecule has 0 unspecified atom stereocenters. The summed E-state index contributed by atoms with van der Waals surface area (Å²) in [4.78, 5) is 46.1. The minimum Gasteiger partial charge on any atom is -0.480 e. The Labute approximate surface area is 233 Å². The van der Waals surface area contributed by atoms with Crippen LogP contribution in [0.2, 0.25) is 0 Å². The number of amides is 2. The fourth-order valence-electron chi connectivity index (χ4n) is 3.44. The van der Waals surface area contributed by atoms with Gasteiger partial charge < -0.3 is 24.6 Å². The van der Waals surface area contributed by atoms with Crippen molar-refractivity contribution >= 4 is 24.0 Å². The number of benzene rings is 1. The van der Waals surface area contributed by atoms with Crippen LogP contribution in [-0.2, 0) is 33.7 Å². The molecule has 0 aliphatic rings. The molecule has 2 amide bonds. The molecule has 0 spiro atoms. The number of anilines is 1. The number of aliphatic carboxylic acids is 1. The number of carbonyl (C=O) groups excluding carboxylic acids is 2. The molecule has 0 saturated heterocycles. The van der Waals surface area contributed by atoms with Gasteiger partial charge in [0.1, 0.15) is 24.1 Å². The Morgan fingerprint density at radius 2 is 1.75 bits per heavy atom. The van der Waals surface area contributed by atoms with Crippen LogP contribution in [0.25, 0.3) is 0 Å². The zero-order valence-corrected chi connectivity index (χ0v) is 23.0. The van der Waals surface area contributed by atoms with Gasteiger partial charge in [-0.05, 0) is 44.0 Å². The van der Waals surface area contributed by atoms with E-state index in [0.717, 1.165) is 11.3 Å². The maximum Gasteiger partial charge on any atom is 0.415 e. The van der Waals surface area contributed by atoms with Gasteiger partial charge in [-0.1, -0.05) is 42.5 Å². The van der Waals surface area contributed by atoms with E-state index in [-0.39, 0.29) is 19.6 Å². The van der Waals surface area contributed by atoms with Gasteiger partial charge in [0.2, 0.25) is 5.88 Å². The maximum absolute atomic E-state index is 12.3. The van der Waals surface area contributed by atoms with Gasteiger partial charge in [0, 0.05) is 37.8 Å². The molecule has 0 bridgehead atoms. The molecule has 0 saturated carbocycles. The Hall–Kier alpha value is -4.67. The lowest BCUT2D eigenvalue weighted by Crippen LogP contribution is -2.42. The Balaban J connectivity index is 1.47. The van der Waals surface area contributed by atoms with Crippen molar-refractivity contribution in [2.75, 3.05) is 18.6 Å². The first-order valence-corrected chi connectivity index (χ1v) is 12.7. The van der Waals surface area contributed by atoms with E-state index in [9.17, 15) is 19.5 Å². The van der Waals surface area contributed by atoms with Crippen LogP contribution in [-0.4, -0.2) is 58.5 Å². The lowest BCUT2D eigenvalue weighted by atomic mass is 10.1. The molecular formula is C29H34N4O7. The van der Waals surface area contributed by atoms with E-state index in [1.807, 2.05) is 24.3 Å². The molecule has 0 radical (unpaired) electrons. The summed E-state index contributed by atoms with van der Waals surface area (Å²) < 4.78 is 16.2. The zero-order valence-electron chi connectivity index (χ0n) is 23.0.